The van der Waals surface area contributed by atoms with Crippen LogP contribution in [0.15, 0.2) is 24.3 Å². The molecule has 4 amide bonds. The number of rotatable bonds is 2. The fraction of sp³-hybridized carbons (Fsp3) is 0.467. The number of urea groups is 2. The van der Waals surface area contributed by atoms with Crippen molar-refractivity contribution < 1.29 is 19.8 Å². The molecule has 2 N–H and O–H groups in total. The number of benzene rings is 2. The molecule has 4 fully saturated rings. The van der Waals surface area contributed by atoms with Crippen LogP contribution in [-0.4, -0.2) is 82.5 Å². The van der Waals surface area contributed by atoms with Crippen molar-refractivity contribution in [2.75, 3.05) is 36.0 Å². The van der Waals surface area contributed by atoms with Gasteiger partial charge in [-0.25, -0.2) is 9.59 Å². The average Bonchev–Trinajstić information content (AvgIpc) is 3.50. The highest BCUT2D eigenvalue weighted by Crippen LogP contribution is 2.36. The predicted molar refractivity (Wildman–Crippen MR) is 159 cm³/mol. The quantitative estimate of drug-likeness (QED) is 0.511. The van der Waals surface area contributed by atoms with Crippen LogP contribution in [0.5, 0.6) is 0 Å². The fourth-order valence-electron chi connectivity index (χ4n) is 6.34. The maximum atomic E-state index is 12.5. The van der Waals surface area contributed by atoms with E-state index < -0.39 is 12.2 Å². The molecule has 0 saturated carbocycles. The number of carbonyl (C=O) groups is 2. The number of carbonyl (C=O) groups excluding carboxylic acids is 2. The monoisotopic (exact) mass is 610 g/mol. The number of fused-ring (bicyclic) bond motifs is 2. The molecular weight excluding hydrogens is 579 g/mol. The summed E-state index contributed by atoms with van der Waals surface area (Å²) in [5.74, 6) is 0. The van der Waals surface area contributed by atoms with Crippen LogP contribution in [-0.2, 0) is 0 Å². The molecule has 6 rings (SSSR count). The van der Waals surface area contributed by atoms with Crippen molar-refractivity contribution in [3.05, 3.63) is 56.6 Å². The Balaban J connectivity index is 0.000000168. The molecular formula is C30H32Cl2N6O4. The van der Waals surface area contributed by atoms with Gasteiger partial charge in [0.2, 0.25) is 0 Å². The van der Waals surface area contributed by atoms with Gasteiger partial charge in [0.15, 0.2) is 0 Å². The number of aliphatic hydroxyl groups excluding tert-OH is 2. The largest absolute Gasteiger partial charge is 0.391 e. The molecule has 0 radical (unpaired) electrons. The van der Waals surface area contributed by atoms with Gasteiger partial charge in [-0.2, -0.15) is 10.5 Å². The first-order valence-corrected chi connectivity index (χ1v) is 14.7. The number of amides is 4. The Bertz CT molecular complexity index is 1390. The number of nitrogens with zero attached hydrogens (tertiary/aromatic N) is 6. The summed E-state index contributed by atoms with van der Waals surface area (Å²) in [4.78, 5) is 31.9. The summed E-state index contributed by atoms with van der Waals surface area (Å²) in [5.41, 5.74) is 3.68. The van der Waals surface area contributed by atoms with Gasteiger partial charge in [-0.15, -0.1) is 0 Å². The topological polar surface area (TPSA) is 135 Å². The second kappa shape index (κ2) is 12.0. The number of hydrogen-bond acceptors (Lipinski definition) is 6. The molecule has 2 aromatic rings. The lowest BCUT2D eigenvalue weighted by molar-refractivity contribution is 0.0518. The maximum absolute atomic E-state index is 12.5. The second-order valence-corrected chi connectivity index (χ2v) is 11.8. The summed E-state index contributed by atoms with van der Waals surface area (Å²) in [5, 5.41) is 38.9. The molecule has 10 nitrogen and oxygen atoms in total. The zero-order chi connectivity index (χ0) is 30.3. The molecule has 220 valence electrons. The zero-order valence-electron chi connectivity index (χ0n) is 23.4. The first-order valence-electron chi connectivity index (χ1n) is 14.0. The first kappa shape index (κ1) is 29.9. The maximum Gasteiger partial charge on any atom is 0.324 e. The van der Waals surface area contributed by atoms with E-state index in [0.717, 1.165) is 36.8 Å². The van der Waals surface area contributed by atoms with Crippen LogP contribution in [0.4, 0.5) is 21.0 Å². The molecule has 42 heavy (non-hydrogen) atoms. The Morgan fingerprint density at radius 1 is 0.738 bits per heavy atom. The summed E-state index contributed by atoms with van der Waals surface area (Å²) < 4.78 is 0. The lowest BCUT2D eigenvalue weighted by Gasteiger charge is -2.31. The van der Waals surface area contributed by atoms with E-state index in [1.54, 1.807) is 57.7 Å². The number of aliphatic hydroxyl groups is 2. The van der Waals surface area contributed by atoms with Gasteiger partial charge < -0.3 is 20.0 Å². The van der Waals surface area contributed by atoms with Gasteiger partial charge in [-0.3, -0.25) is 9.80 Å². The third kappa shape index (κ3) is 5.14. The van der Waals surface area contributed by atoms with Crippen molar-refractivity contribution >= 4 is 46.6 Å². The molecule has 4 aliphatic rings. The predicted octanol–water partition coefficient (Wildman–Crippen LogP) is 4.57. The highest BCUT2D eigenvalue weighted by atomic mass is 35.5. The lowest BCUT2D eigenvalue weighted by atomic mass is 10.0. The van der Waals surface area contributed by atoms with Crippen LogP contribution in [0.1, 0.15) is 47.9 Å². The molecule has 0 aliphatic carbocycles. The molecule has 0 spiro atoms. The molecule has 0 bridgehead atoms. The van der Waals surface area contributed by atoms with Gasteiger partial charge in [0.05, 0.1) is 58.6 Å². The van der Waals surface area contributed by atoms with E-state index in [1.165, 1.54) is 0 Å². The van der Waals surface area contributed by atoms with E-state index in [-0.39, 0.29) is 24.1 Å². The van der Waals surface area contributed by atoms with Gasteiger partial charge in [-0.05, 0) is 74.9 Å². The Morgan fingerprint density at radius 2 is 1.12 bits per heavy atom. The van der Waals surface area contributed by atoms with Crippen LogP contribution in [0.25, 0.3) is 0 Å². The van der Waals surface area contributed by atoms with E-state index >= 15 is 0 Å². The summed E-state index contributed by atoms with van der Waals surface area (Å²) in [6.07, 6.45) is 2.17. The Labute approximate surface area is 254 Å². The molecule has 4 heterocycles. The number of nitriles is 2. The smallest absolute Gasteiger partial charge is 0.324 e. The van der Waals surface area contributed by atoms with Gasteiger partial charge >= 0.3 is 12.1 Å². The molecule has 12 heteroatoms. The molecule has 4 saturated heterocycles. The Kier molecular flexibility index (Phi) is 8.54. The summed E-state index contributed by atoms with van der Waals surface area (Å²) in [7, 11) is 0. The number of anilines is 2. The normalized spacial score (nSPS) is 25.0. The highest BCUT2D eigenvalue weighted by molar-refractivity contribution is 6.33. The first-order chi connectivity index (χ1) is 20.1. The molecule has 0 aromatic heterocycles. The van der Waals surface area contributed by atoms with Crippen molar-refractivity contribution in [1.82, 2.24) is 9.80 Å². The van der Waals surface area contributed by atoms with Gasteiger partial charge in [0.1, 0.15) is 12.1 Å². The van der Waals surface area contributed by atoms with E-state index in [0.29, 0.717) is 58.7 Å². The average molecular weight is 612 g/mol. The SMILES string of the molecule is Cc1c(N2C[C@@H]3[C@H](O)CCCN3C2=O)ccc(C#N)c1Cl.Cc1c(N2C[C@H]3[C@@H](O)CCCN3C2=O)ccc(C#N)c1Cl. The minimum absolute atomic E-state index is 0.0948. The van der Waals surface area contributed by atoms with Crippen molar-refractivity contribution in [3.8, 4) is 12.1 Å². The Hall–Kier alpha value is -3.54. The Morgan fingerprint density at radius 3 is 1.45 bits per heavy atom. The van der Waals surface area contributed by atoms with Crippen molar-refractivity contribution in [3.63, 3.8) is 0 Å². The standard InChI is InChI=1S/2C15H16ClN3O2/c2*1-9-11(5-4-10(7-17)14(9)16)19-8-12-13(20)3-2-6-18(12)15(19)21/h2*4-5,12-13,20H,2-3,6,8H2,1H3/t2*12-,13-/m10/s1. The minimum atomic E-state index is -0.471. The number of halogens is 2. The number of piperidine rings is 2. The summed E-state index contributed by atoms with van der Waals surface area (Å²) in [6.45, 7) is 5.89. The fourth-order valence-corrected chi connectivity index (χ4v) is 6.74. The van der Waals surface area contributed by atoms with Crippen LogP contribution in [0, 0.1) is 36.5 Å². The third-order valence-electron chi connectivity index (χ3n) is 8.72. The van der Waals surface area contributed by atoms with Gasteiger partial charge in [0, 0.05) is 24.5 Å². The third-order valence-corrected chi connectivity index (χ3v) is 9.69. The molecule has 4 atom stereocenters. The van der Waals surface area contributed by atoms with Crippen LogP contribution in [0.2, 0.25) is 10.0 Å². The van der Waals surface area contributed by atoms with Crippen molar-refractivity contribution in [1.29, 1.82) is 10.5 Å². The van der Waals surface area contributed by atoms with Gasteiger partial charge in [0.25, 0.3) is 0 Å². The van der Waals surface area contributed by atoms with Crippen molar-refractivity contribution in [2.45, 2.75) is 63.8 Å². The second-order valence-electron chi connectivity index (χ2n) is 11.1. The lowest BCUT2D eigenvalue weighted by Crippen LogP contribution is -2.46. The summed E-state index contributed by atoms with van der Waals surface area (Å²) >= 11 is 12.4. The van der Waals surface area contributed by atoms with E-state index in [1.807, 2.05) is 12.1 Å². The molecule has 2 aromatic carbocycles. The van der Waals surface area contributed by atoms with Crippen LogP contribution < -0.4 is 9.80 Å². The van der Waals surface area contributed by atoms with Gasteiger partial charge in [-0.1, -0.05) is 23.2 Å². The zero-order valence-corrected chi connectivity index (χ0v) is 24.9. The molecule has 0 unspecified atom stereocenters. The number of hydrogen-bond donors (Lipinski definition) is 2. The minimum Gasteiger partial charge on any atom is -0.391 e. The summed E-state index contributed by atoms with van der Waals surface area (Å²) in [6, 6.07) is 10.3. The molecule has 4 aliphatic heterocycles. The van der Waals surface area contributed by atoms with E-state index in [2.05, 4.69) is 0 Å². The highest BCUT2D eigenvalue weighted by Gasteiger charge is 2.45. The van der Waals surface area contributed by atoms with Crippen LogP contribution >= 0.6 is 23.2 Å². The van der Waals surface area contributed by atoms with Crippen molar-refractivity contribution in [2.24, 2.45) is 0 Å². The van der Waals surface area contributed by atoms with E-state index in [4.69, 9.17) is 33.7 Å². The van der Waals surface area contributed by atoms with Crippen LogP contribution in [0.3, 0.4) is 0 Å². The van der Waals surface area contributed by atoms with E-state index in [9.17, 15) is 19.8 Å².